The Morgan fingerprint density at radius 3 is 1.22 bits per heavy atom. The minimum absolute atomic E-state index is 0.675. The Balaban J connectivity index is 1.13. The highest BCUT2D eigenvalue weighted by atomic mass is 35.5. The van der Waals surface area contributed by atoms with Crippen molar-refractivity contribution in [2.45, 2.75) is 0 Å². The molecule has 0 aliphatic rings. The Morgan fingerprint density at radius 2 is 0.838 bits per heavy atom. The van der Waals surface area contributed by atoms with Gasteiger partial charge in [0, 0.05) is 32.3 Å². The molecule has 0 N–H and O–H groups in total. The minimum Gasteiger partial charge on any atom is -0.457 e. The van der Waals surface area contributed by atoms with Crippen LogP contribution in [0, 0.1) is 0 Å². The van der Waals surface area contributed by atoms with Gasteiger partial charge in [-0.25, -0.2) is 0 Å². The topological polar surface area (TPSA) is 60.8 Å². The maximum absolute atomic E-state index is 6.10. The van der Waals surface area contributed by atoms with Gasteiger partial charge in [0.15, 0.2) is 0 Å². The predicted octanol–water partition coefficient (Wildman–Crippen LogP) is 9.16. The van der Waals surface area contributed by atoms with Crippen molar-refractivity contribution < 1.29 is 4.74 Å². The van der Waals surface area contributed by atoms with E-state index in [0.717, 1.165) is 53.8 Å². The van der Waals surface area contributed by atoms with Gasteiger partial charge in [-0.1, -0.05) is 70.1 Å². The van der Waals surface area contributed by atoms with Crippen LogP contribution < -0.4 is 4.74 Å². The lowest BCUT2D eigenvalue weighted by atomic mass is 10.2. The number of nitrogens with zero attached hydrogens (tertiary/aromatic N) is 4. The monoisotopic (exact) mass is 558 g/mol. The highest BCUT2D eigenvalue weighted by molar-refractivity contribution is 7.18. The fourth-order valence-electron chi connectivity index (χ4n) is 3.62. The number of hydrogen-bond acceptors (Lipinski definition) is 7. The standard InChI is InChI=1S/C28H16Cl2N4OS2/c29-21-5-1-3-19(15-21)27-33-31-25(36-27)17-7-11-23(12-8-17)35-24-13-9-18(10-14-24)26-32-34-28(37-26)20-4-2-6-22(30)16-20/h1-16H. The normalized spacial score (nSPS) is 11.0. The average molecular weight is 560 g/mol. The molecule has 2 heterocycles. The summed E-state index contributed by atoms with van der Waals surface area (Å²) in [7, 11) is 0. The van der Waals surface area contributed by atoms with Crippen molar-refractivity contribution in [1.82, 2.24) is 20.4 Å². The lowest BCUT2D eigenvalue weighted by molar-refractivity contribution is 0.483. The maximum atomic E-state index is 6.10. The van der Waals surface area contributed by atoms with Gasteiger partial charge in [-0.15, -0.1) is 20.4 Å². The van der Waals surface area contributed by atoms with E-state index in [2.05, 4.69) is 20.4 Å². The number of halogens is 2. The molecule has 0 radical (unpaired) electrons. The van der Waals surface area contributed by atoms with Gasteiger partial charge in [0.2, 0.25) is 0 Å². The summed E-state index contributed by atoms with van der Waals surface area (Å²) >= 11 is 15.2. The van der Waals surface area contributed by atoms with Crippen LogP contribution >= 0.6 is 45.9 Å². The fraction of sp³-hybridized carbons (Fsp3) is 0. The van der Waals surface area contributed by atoms with Crippen molar-refractivity contribution in [1.29, 1.82) is 0 Å². The van der Waals surface area contributed by atoms with Crippen molar-refractivity contribution in [3.63, 3.8) is 0 Å². The second-order valence-electron chi connectivity index (χ2n) is 8.00. The van der Waals surface area contributed by atoms with Gasteiger partial charge in [0.25, 0.3) is 0 Å². The predicted molar refractivity (Wildman–Crippen MR) is 152 cm³/mol. The first-order valence-electron chi connectivity index (χ1n) is 11.2. The molecule has 0 saturated heterocycles. The highest BCUT2D eigenvalue weighted by Gasteiger charge is 2.11. The number of benzene rings is 4. The van der Waals surface area contributed by atoms with E-state index >= 15 is 0 Å². The zero-order valence-electron chi connectivity index (χ0n) is 19.0. The Hall–Kier alpha value is -3.62. The van der Waals surface area contributed by atoms with E-state index in [1.165, 1.54) is 22.7 Å². The van der Waals surface area contributed by atoms with Crippen LogP contribution in [0.25, 0.3) is 42.3 Å². The Morgan fingerprint density at radius 1 is 0.459 bits per heavy atom. The molecule has 0 bridgehead atoms. The summed E-state index contributed by atoms with van der Waals surface area (Å²) < 4.78 is 6.04. The highest BCUT2D eigenvalue weighted by Crippen LogP contribution is 2.34. The SMILES string of the molecule is Clc1cccc(-c2nnc(-c3ccc(Oc4ccc(-c5nnc(-c6cccc(Cl)c6)s5)cc4)cc3)s2)c1. The van der Waals surface area contributed by atoms with E-state index < -0.39 is 0 Å². The lowest BCUT2D eigenvalue weighted by Gasteiger charge is -2.06. The minimum atomic E-state index is 0.675. The smallest absolute Gasteiger partial charge is 0.148 e. The fourth-order valence-corrected chi connectivity index (χ4v) is 5.69. The molecular weight excluding hydrogens is 543 g/mol. The molecule has 0 amide bonds. The second-order valence-corrected chi connectivity index (χ2v) is 10.8. The molecule has 4 aromatic carbocycles. The average Bonchev–Trinajstić information content (AvgIpc) is 3.61. The van der Waals surface area contributed by atoms with Crippen molar-refractivity contribution >= 4 is 45.9 Å². The summed E-state index contributed by atoms with van der Waals surface area (Å²) in [6.07, 6.45) is 0. The van der Waals surface area contributed by atoms with Crippen LogP contribution in [-0.4, -0.2) is 20.4 Å². The third kappa shape index (κ3) is 5.40. The van der Waals surface area contributed by atoms with Gasteiger partial charge in [-0.05, 0) is 72.8 Å². The molecule has 0 aliphatic heterocycles. The number of rotatable bonds is 6. The molecule has 0 saturated carbocycles. The first-order valence-corrected chi connectivity index (χ1v) is 13.6. The molecule has 0 fully saturated rings. The van der Waals surface area contributed by atoms with E-state index in [4.69, 9.17) is 27.9 Å². The third-order valence-corrected chi connectivity index (χ3v) is 7.94. The summed E-state index contributed by atoms with van der Waals surface area (Å²) in [6, 6.07) is 30.8. The van der Waals surface area contributed by atoms with Crippen LogP contribution in [0.15, 0.2) is 97.1 Å². The Kier molecular flexibility index (Phi) is 6.68. The lowest BCUT2D eigenvalue weighted by Crippen LogP contribution is -1.85. The Labute approximate surface area is 231 Å². The van der Waals surface area contributed by atoms with E-state index in [-0.39, 0.29) is 0 Å². The quantitative estimate of drug-likeness (QED) is 0.204. The molecule has 0 aliphatic carbocycles. The first-order chi connectivity index (χ1) is 18.1. The van der Waals surface area contributed by atoms with Crippen LogP contribution in [-0.2, 0) is 0 Å². The summed E-state index contributed by atoms with van der Waals surface area (Å²) in [5.41, 5.74) is 3.85. The number of ether oxygens (including phenoxy) is 1. The van der Waals surface area contributed by atoms with E-state index in [1.54, 1.807) is 0 Å². The summed E-state index contributed by atoms with van der Waals surface area (Å²) in [4.78, 5) is 0. The zero-order valence-corrected chi connectivity index (χ0v) is 22.2. The molecule has 0 atom stereocenters. The molecule has 2 aromatic heterocycles. The van der Waals surface area contributed by atoms with Gasteiger partial charge in [0.1, 0.15) is 31.5 Å². The van der Waals surface area contributed by atoms with Crippen molar-refractivity contribution in [3.05, 3.63) is 107 Å². The molecule has 37 heavy (non-hydrogen) atoms. The van der Waals surface area contributed by atoms with E-state index in [0.29, 0.717) is 10.0 Å². The van der Waals surface area contributed by atoms with Crippen LogP contribution in [0.1, 0.15) is 0 Å². The van der Waals surface area contributed by atoms with Crippen LogP contribution in [0.4, 0.5) is 0 Å². The van der Waals surface area contributed by atoms with Crippen LogP contribution in [0.3, 0.4) is 0 Å². The number of aromatic nitrogens is 4. The maximum Gasteiger partial charge on any atom is 0.148 e. The molecule has 6 rings (SSSR count). The molecule has 180 valence electrons. The van der Waals surface area contributed by atoms with Crippen molar-refractivity contribution in [2.24, 2.45) is 0 Å². The van der Waals surface area contributed by atoms with Crippen LogP contribution in [0.5, 0.6) is 11.5 Å². The number of hydrogen-bond donors (Lipinski definition) is 0. The van der Waals surface area contributed by atoms with Crippen molar-refractivity contribution in [3.8, 4) is 53.8 Å². The molecule has 0 spiro atoms. The molecule has 9 heteroatoms. The van der Waals surface area contributed by atoms with Gasteiger partial charge in [-0.3, -0.25) is 0 Å². The Bertz CT molecular complexity index is 1560. The molecular formula is C28H16Cl2N4OS2. The third-order valence-electron chi connectivity index (χ3n) is 5.43. The molecule has 6 aromatic rings. The summed E-state index contributed by atoms with van der Waals surface area (Å²) in [5, 5.41) is 22.0. The van der Waals surface area contributed by atoms with Gasteiger partial charge >= 0.3 is 0 Å². The first kappa shape index (κ1) is 23.8. The van der Waals surface area contributed by atoms with E-state index in [9.17, 15) is 0 Å². The molecule has 0 unspecified atom stereocenters. The zero-order chi connectivity index (χ0) is 25.2. The van der Waals surface area contributed by atoms with E-state index in [1.807, 2.05) is 97.1 Å². The summed E-state index contributed by atoms with van der Waals surface area (Å²) in [6.45, 7) is 0. The second kappa shape index (κ2) is 10.4. The largest absolute Gasteiger partial charge is 0.457 e. The van der Waals surface area contributed by atoms with Crippen molar-refractivity contribution in [2.75, 3.05) is 0 Å². The van der Waals surface area contributed by atoms with Gasteiger partial charge in [-0.2, -0.15) is 0 Å². The van der Waals surface area contributed by atoms with Gasteiger partial charge in [0.05, 0.1) is 0 Å². The van der Waals surface area contributed by atoms with Gasteiger partial charge < -0.3 is 4.74 Å². The van der Waals surface area contributed by atoms with Crippen LogP contribution in [0.2, 0.25) is 10.0 Å². The molecule has 5 nitrogen and oxygen atoms in total. The summed E-state index contributed by atoms with van der Waals surface area (Å²) in [5.74, 6) is 1.46.